The zero-order valence-corrected chi connectivity index (χ0v) is 15.4. The molecule has 8 nitrogen and oxygen atoms in total. The summed E-state index contributed by atoms with van der Waals surface area (Å²) in [6.45, 7) is 0. The fourth-order valence-corrected chi connectivity index (χ4v) is 3.56. The standard InChI is InChI=1S/C21H13FN8/c22-13-3-1-2-11(4-13)15-8-23-9-18-19(15)28-21(27-18)20-14-5-16(12-6-25-26-7-12)24-10-17(14)29-30-20/h1-10H,(H,25,26)(H,27,28)(H,29,30). The normalized spacial score (nSPS) is 11.5. The Morgan fingerprint density at radius 2 is 1.90 bits per heavy atom. The highest BCUT2D eigenvalue weighted by Gasteiger charge is 2.16. The fourth-order valence-electron chi connectivity index (χ4n) is 3.56. The molecular formula is C21H13FN8. The van der Waals surface area contributed by atoms with Gasteiger partial charge in [-0.3, -0.25) is 20.2 Å². The number of fused-ring (bicyclic) bond motifs is 2. The number of benzene rings is 1. The summed E-state index contributed by atoms with van der Waals surface area (Å²) in [6.07, 6.45) is 8.61. The molecule has 0 unspecified atom stereocenters. The molecule has 3 N–H and O–H groups in total. The molecule has 1 aromatic carbocycles. The molecule has 0 spiro atoms. The minimum Gasteiger partial charge on any atom is -0.335 e. The Labute approximate surface area is 168 Å². The Bertz CT molecular complexity index is 1510. The lowest BCUT2D eigenvalue weighted by Crippen LogP contribution is -1.85. The number of rotatable bonds is 3. The number of pyridine rings is 2. The summed E-state index contributed by atoms with van der Waals surface area (Å²) in [6, 6.07) is 8.33. The highest BCUT2D eigenvalue weighted by atomic mass is 19.1. The summed E-state index contributed by atoms with van der Waals surface area (Å²) < 4.78 is 13.7. The number of imidazole rings is 1. The van der Waals surface area contributed by atoms with Crippen LogP contribution in [0.4, 0.5) is 4.39 Å². The van der Waals surface area contributed by atoms with Crippen LogP contribution < -0.4 is 0 Å². The van der Waals surface area contributed by atoms with Crippen LogP contribution in [-0.2, 0) is 0 Å². The second kappa shape index (κ2) is 6.31. The molecule has 30 heavy (non-hydrogen) atoms. The van der Waals surface area contributed by atoms with Crippen molar-refractivity contribution in [3.63, 3.8) is 0 Å². The Morgan fingerprint density at radius 3 is 2.77 bits per heavy atom. The molecule has 144 valence electrons. The third kappa shape index (κ3) is 2.56. The predicted molar refractivity (Wildman–Crippen MR) is 110 cm³/mol. The van der Waals surface area contributed by atoms with E-state index in [2.05, 4.69) is 35.3 Å². The molecule has 0 radical (unpaired) electrons. The molecule has 0 amide bonds. The monoisotopic (exact) mass is 396 g/mol. The van der Waals surface area contributed by atoms with Crippen LogP contribution >= 0.6 is 0 Å². The highest BCUT2D eigenvalue weighted by molar-refractivity contribution is 5.97. The third-order valence-corrected chi connectivity index (χ3v) is 5.00. The van der Waals surface area contributed by atoms with Gasteiger partial charge in [-0.15, -0.1) is 0 Å². The van der Waals surface area contributed by atoms with E-state index in [0.717, 1.165) is 33.2 Å². The summed E-state index contributed by atoms with van der Waals surface area (Å²) >= 11 is 0. The van der Waals surface area contributed by atoms with Crippen LogP contribution in [0.25, 0.3) is 55.8 Å². The fraction of sp³-hybridized carbons (Fsp3) is 0. The van der Waals surface area contributed by atoms with Crippen LogP contribution in [0.5, 0.6) is 0 Å². The number of halogens is 1. The number of hydrogen-bond donors (Lipinski definition) is 3. The molecule has 6 rings (SSSR count). The topological polar surface area (TPSA) is 112 Å². The van der Waals surface area contributed by atoms with Crippen molar-refractivity contribution in [2.75, 3.05) is 0 Å². The minimum absolute atomic E-state index is 0.308. The van der Waals surface area contributed by atoms with E-state index >= 15 is 0 Å². The van der Waals surface area contributed by atoms with Gasteiger partial charge in [0.2, 0.25) is 0 Å². The lowest BCUT2D eigenvalue weighted by molar-refractivity contribution is 0.628. The lowest BCUT2D eigenvalue weighted by Gasteiger charge is -2.01. The van der Waals surface area contributed by atoms with Gasteiger partial charge in [0.05, 0.1) is 40.8 Å². The van der Waals surface area contributed by atoms with Gasteiger partial charge in [0.15, 0.2) is 5.82 Å². The largest absolute Gasteiger partial charge is 0.335 e. The molecule has 5 aromatic heterocycles. The maximum absolute atomic E-state index is 13.7. The van der Waals surface area contributed by atoms with Crippen LogP contribution in [0.2, 0.25) is 0 Å². The van der Waals surface area contributed by atoms with Gasteiger partial charge >= 0.3 is 0 Å². The molecule has 0 saturated carbocycles. The maximum atomic E-state index is 13.7. The van der Waals surface area contributed by atoms with Gasteiger partial charge in [0.25, 0.3) is 0 Å². The Balaban J connectivity index is 1.53. The second-order valence-corrected chi connectivity index (χ2v) is 6.85. The summed E-state index contributed by atoms with van der Waals surface area (Å²) in [5, 5.41) is 15.1. The number of hydrogen-bond acceptors (Lipinski definition) is 5. The first-order valence-electron chi connectivity index (χ1n) is 9.19. The molecular weight excluding hydrogens is 383 g/mol. The summed E-state index contributed by atoms with van der Waals surface area (Å²) in [4.78, 5) is 16.8. The summed E-state index contributed by atoms with van der Waals surface area (Å²) in [7, 11) is 0. The molecule has 0 aliphatic rings. The molecule has 0 aliphatic carbocycles. The van der Waals surface area contributed by atoms with Crippen molar-refractivity contribution in [1.29, 1.82) is 0 Å². The van der Waals surface area contributed by atoms with Crippen molar-refractivity contribution < 1.29 is 4.39 Å². The number of aromatic nitrogens is 8. The highest BCUT2D eigenvalue weighted by Crippen LogP contribution is 2.32. The minimum atomic E-state index is -0.308. The molecule has 0 fully saturated rings. The first kappa shape index (κ1) is 16.5. The molecule has 5 heterocycles. The average molecular weight is 396 g/mol. The molecule has 6 aromatic rings. The van der Waals surface area contributed by atoms with Crippen molar-refractivity contribution in [1.82, 2.24) is 40.3 Å². The van der Waals surface area contributed by atoms with E-state index in [1.165, 1.54) is 12.1 Å². The van der Waals surface area contributed by atoms with Gasteiger partial charge in [-0.05, 0) is 23.8 Å². The quantitative estimate of drug-likeness (QED) is 0.417. The third-order valence-electron chi connectivity index (χ3n) is 5.00. The van der Waals surface area contributed by atoms with Gasteiger partial charge in [0.1, 0.15) is 11.5 Å². The molecule has 0 saturated heterocycles. The Morgan fingerprint density at radius 1 is 0.933 bits per heavy atom. The summed E-state index contributed by atoms with van der Waals surface area (Å²) in [5.74, 6) is 0.282. The van der Waals surface area contributed by atoms with Gasteiger partial charge < -0.3 is 4.98 Å². The molecule has 9 heteroatoms. The van der Waals surface area contributed by atoms with Crippen LogP contribution in [-0.4, -0.2) is 40.3 Å². The molecule has 0 bridgehead atoms. The van der Waals surface area contributed by atoms with Gasteiger partial charge in [0, 0.05) is 28.9 Å². The maximum Gasteiger partial charge on any atom is 0.159 e. The number of aromatic amines is 3. The van der Waals surface area contributed by atoms with Crippen LogP contribution in [0, 0.1) is 5.82 Å². The van der Waals surface area contributed by atoms with Crippen molar-refractivity contribution in [2.24, 2.45) is 0 Å². The van der Waals surface area contributed by atoms with Crippen molar-refractivity contribution in [2.45, 2.75) is 0 Å². The smallest absolute Gasteiger partial charge is 0.159 e. The zero-order chi connectivity index (χ0) is 20.1. The van der Waals surface area contributed by atoms with E-state index in [4.69, 9.17) is 4.98 Å². The number of H-pyrrole nitrogens is 3. The van der Waals surface area contributed by atoms with E-state index < -0.39 is 0 Å². The second-order valence-electron chi connectivity index (χ2n) is 6.85. The van der Waals surface area contributed by atoms with E-state index in [-0.39, 0.29) is 5.82 Å². The lowest BCUT2D eigenvalue weighted by atomic mass is 10.1. The Hall–Kier alpha value is -4.40. The van der Waals surface area contributed by atoms with E-state index in [9.17, 15) is 4.39 Å². The van der Waals surface area contributed by atoms with Crippen LogP contribution in [0.3, 0.4) is 0 Å². The Kier molecular flexibility index (Phi) is 3.48. The molecule has 0 atom stereocenters. The number of nitrogens with zero attached hydrogens (tertiary/aromatic N) is 5. The van der Waals surface area contributed by atoms with Crippen molar-refractivity contribution >= 4 is 21.9 Å². The van der Waals surface area contributed by atoms with Crippen LogP contribution in [0.15, 0.2) is 61.3 Å². The first-order valence-corrected chi connectivity index (χ1v) is 9.19. The number of nitrogens with one attached hydrogen (secondary N) is 3. The SMILES string of the molecule is Fc1cccc(-c2cncc3[nH]c(-c4n[nH]c5cnc(-c6cn[nH]c6)cc45)nc23)c1. The van der Waals surface area contributed by atoms with Gasteiger partial charge in [-0.1, -0.05) is 12.1 Å². The van der Waals surface area contributed by atoms with E-state index in [1.807, 2.05) is 12.1 Å². The van der Waals surface area contributed by atoms with E-state index in [1.54, 1.807) is 37.1 Å². The predicted octanol–water partition coefficient (Wildman–Crippen LogP) is 4.09. The van der Waals surface area contributed by atoms with Crippen LogP contribution in [0.1, 0.15) is 0 Å². The van der Waals surface area contributed by atoms with Gasteiger partial charge in [-0.25, -0.2) is 9.37 Å². The van der Waals surface area contributed by atoms with Crippen molar-refractivity contribution in [3.8, 4) is 33.9 Å². The average Bonchev–Trinajstić information content (AvgIpc) is 3.51. The molecule has 0 aliphatic heterocycles. The zero-order valence-electron chi connectivity index (χ0n) is 15.4. The summed E-state index contributed by atoms with van der Waals surface area (Å²) in [5.41, 5.74) is 6.01. The van der Waals surface area contributed by atoms with E-state index in [0.29, 0.717) is 22.6 Å². The van der Waals surface area contributed by atoms with Crippen molar-refractivity contribution in [3.05, 3.63) is 67.1 Å². The van der Waals surface area contributed by atoms with Gasteiger partial charge in [-0.2, -0.15) is 10.2 Å². The first-order chi connectivity index (χ1) is 14.8.